The molecule has 0 radical (unpaired) electrons. The molecule has 1 heterocycles. The summed E-state index contributed by atoms with van der Waals surface area (Å²) < 4.78 is 4.84. The van der Waals surface area contributed by atoms with Gasteiger partial charge >= 0.3 is 0 Å². The van der Waals surface area contributed by atoms with E-state index in [-0.39, 0.29) is 18.4 Å². The van der Waals surface area contributed by atoms with Gasteiger partial charge in [0.05, 0.1) is 18.4 Å². The zero-order chi connectivity index (χ0) is 19.3. The van der Waals surface area contributed by atoms with E-state index in [1.807, 2.05) is 32.0 Å². The van der Waals surface area contributed by atoms with E-state index in [0.29, 0.717) is 5.56 Å². The summed E-state index contributed by atoms with van der Waals surface area (Å²) in [5.74, 6) is -1.08. The Morgan fingerprint density at radius 3 is 2.58 bits per heavy atom. The van der Waals surface area contributed by atoms with Gasteiger partial charge in [-0.15, -0.1) is 0 Å². The van der Waals surface area contributed by atoms with E-state index < -0.39 is 11.9 Å². The fourth-order valence-corrected chi connectivity index (χ4v) is 2.42. The first-order valence-corrected chi connectivity index (χ1v) is 8.23. The molecule has 2 aromatic rings. The molecular formula is C19H23N3O4. The Kier molecular flexibility index (Phi) is 6.16. The normalized spacial score (nSPS) is 11.5. The lowest BCUT2D eigenvalue weighted by Crippen LogP contribution is -2.47. The van der Waals surface area contributed by atoms with Crippen molar-refractivity contribution in [3.8, 4) is 0 Å². The van der Waals surface area contributed by atoms with Gasteiger partial charge in [-0.3, -0.25) is 14.4 Å². The van der Waals surface area contributed by atoms with Crippen molar-refractivity contribution >= 4 is 23.4 Å². The second-order valence-electron chi connectivity index (χ2n) is 6.27. The molecule has 0 saturated carbocycles. The molecule has 0 spiro atoms. The maximum absolute atomic E-state index is 12.4. The molecule has 0 aliphatic carbocycles. The van der Waals surface area contributed by atoms with Crippen LogP contribution in [0.2, 0.25) is 0 Å². The van der Waals surface area contributed by atoms with Crippen LogP contribution >= 0.6 is 0 Å². The summed E-state index contributed by atoms with van der Waals surface area (Å²) in [6.45, 7) is 5.30. The number of nitrogens with one attached hydrogen (secondary N) is 2. The van der Waals surface area contributed by atoms with Gasteiger partial charge in [-0.1, -0.05) is 12.1 Å². The third-order valence-electron chi connectivity index (χ3n) is 3.93. The fraction of sp³-hybridized carbons (Fsp3) is 0.316. The molecule has 1 aromatic carbocycles. The molecule has 26 heavy (non-hydrogen) atoms. The van der Waals surface area contributed by atoms with E-state index in [1.165, 1.54) is 30.5 Å². The number of furan rings is 1. The smallest absolute Gasteiger partial charge is 0.255 e. The largest absolute Gasteiger partial charge is 0.472 e. The van der Waals surface area contributed by atoms with Crippen molar-refractivity contribution in [2.24, 2.45) is 0 Å². The van der Waals surface area contributed by atoms with Crippen LogP contribution < -0.4 is 10.6 Å². The van der Waals surface area contributed by atoms with E-state index in [1.54, 1.807) is 6.92 Å². The van der Waals surface area contributed by atoms with Crippen molar-refractivity contribution in [1.29, 1.82) is 0 Å². The lowest BCUT2D eigenvalue weighted by Gasteiger charge is -2.21. The highest BCUT2D eigenvalue weighted by molar-refractivity contribution is 5.99. The molecule has 0 bridgehead atoms. The summed E-state index contributed by atoms with van der Waals surface area (Å²) in [5, 5.41) is 5.39. The number of aryl methyl sites for hydroxylation is 2. The summed E-state index contributed by atoms with van der Waals surface area (Å²) in [6.07, 6.45) is 2.68. The van der Waals surface area contributed by atoms with Crippen LogP contribution in [0.15, 0.2) is 41.2 Å². The third kappa shape index (κ3) is 4.95. The molecule has 0 aliphatic heterocycles. The van der Waals surface area contributed by atoms with Gasteiger partial charge in [0.1, 0.15) is 12.3 Å². The third-order valence-corrected chi connectivity index (χ3v) is 3.93. The van der Waals surface area contributed by atoms with E-state index in [4.69, 9.17) is 4.42 Å². The molecule has 2 N–H and O–H groups in total. The van der Waals surface area contributed by atoms with Crippen molar-refractivity contribution in [2.45, 2.75) is 26.8 Å². The Morgan fingerprint density at radius 2 is 1.92 bits per heavy atom. The molecule has 2 rings (SSSR count). The molecule has 1 atom stereocenters. The van der Waals surface area contributed by atoms with Crippen molar-refractivity contribution in [1.82, 2.24) is 10.2 Å². The van der Waals surface area contributed by atoms with Crippen LogP contribution in [0.25, 0.3) is 0 Å². The van der Waals surface area contributed by atoms with Crippen LogP contribution in [0.3, 0.4) is 0 Å². The predicted molar refractivity (Wildman–Crippen MR) is 97.8 cm³/mol. The molecule has 0 aliphatic rings. The Balaban J connectivity index is 1.90. The average molecular weight is 357 g/mol. The monoisotopic (exact) mass is 357 g/mol. The van der Waals surface area contributed by atoms with E-state index >= 15 is 0 Å². The lowest BCUT2D eigenvalue weighted by molar-refractivity contribution is -0.134. The molecule has 7 nitrogen and oxygen atoms in total. The molecule has 7 heteroatoms. The zero-order valence-corrected chi connectivity index (χ0v) is 15.3. The number of rotatable bonds is 6. The van der Waals surface area contributed by atoms with E-state index in [9.17, 15) is 14.4 Å². The average Bonchev–Trinajstić information content (AvgIpc) is 3.12. The topological polar surface area (TPSA) is 91.7 Å². The van der Waals surface area contributed by atoms with Crippen molar-refractivity contribution in [2.75, 3.05) is 18.9 Å². The summed E-state index contributed by atoms with van der Waals surface area (Å²) >= 11 is 0. The first kappa shape index (κ1) is 19.2. The number of amides is 3. The molecule has 1 aromatic heterocycles. The first-order chi connectivity index (χ1) is 12.3. The Bertz CT molecular complexity index is 799. The minimum absolute atomic E-state index is 0.113. The molecular weight excluding hydrogens is 334 g/mol. The molecule has 138 valence electrons. The Labute approximate surface area is 152 Å². The van der Waals surface area contributed by atoms with Gasteiger partial charge in [0, 0.05) is 12.7 Å². The van der Waals surface area contributed by atoms with Gasteiger partial charge < -0.3 is 20.0 Å². The molecule has 0 unspecified atom stereocenters. The van der Waals surface area contributed by atoms with Crippen molar-refractivity contribution in [3.05, 3.63) is 53.5 Å². The summed E-state index contributed by atoms with van der Waals surface area (Å²) in [6, 6.07) is 6.51. The number of carbonyl (C=O) groups is 3. The SMILES string of the molecule is Cc1ccc(C)c(NC(=O)CN(C)C(=O)[C@@H](C)NC(=O)c2ccoc2)c1. The van der Waals surface area contributed by atoms with Gasteiger partial charge in [0.15, 0.2) is 0 Å². The van der Waals surface area contributed by atoms with Crippen molar-refractivity contribution in [3.63, 3.8) is 0 Å². The first-order valence-electron chi connectivity index (χ1n) is 8.23. The number of benzene rings is 1. The molecule has 0 fully saturated rings. The van der Waals surface area contributed by atoms with Gasteiger partial charge in [-0.25, -0.2) is 0 Å². The molecule has 3 amide bonds. The minimum Gasteiger partial charge on any atom is -0.472 e. The van der Waals surface area contributed by atoms with Crippen molar-refractivity contribution < 1.29 is 18.8 Å². The Hall–Kier alpha value is -3.09. The highest BCUT2D eigenvalue weighted by atomic mass is 16.3. The van der Waals surface area contributed by atoms with Crippen LogP contribution in [-0.2, 0) is 9.59 Å². The van der Waals surface area contributed by atoms with E-state index in [2.05, 4.69) is 10.6 Å². The van der Waals surface area contributed by atoms with Gasteiger partial charge in [0.2, 0.25) is 11.8 Å². The molecule has 0 saturated heterocycles. The standard InChI is InChI=1S/C19H23N3O4/c1-12-5-6-13(2)16(9-12)21-17(23)10-22(4)19(25)14(3)20-18(24)15-7-8-26-11-15/h5-9,11,14H,10H2,1-4H3,(H,20,24)(H,21,23)/t14-/m1/s1. The summed E-state index contributed by atoms with van der Waals surface area (Å²) in [7, 11) is 1.52. The van der Waals surface area contributed by atoms with Gasteiger partial charge in [-0.2, -0.15) is 0 Å². The van der Waals surface area contributed by atoms with Crippen LogP contribution in [0.1, 0.15) is 28.4 Å². The maximum atomic E-state index is 12.4. The van der Waals surface area contributed by atoms with Crippen LogP contribution in [0, 0.1) is 13.8 Å². The van der Waals surface area contributed by atoms with Crippen LogP contribution in [0.5, 0.6) is 0 Å². The number of anilines is 1. The van der Waals surface area contributed by atoms with Crippen LogP contribution in [0.4, 0.5) is 5.69 Å². The second kappa shape index (κ2) is 8.33. The van der Waals surface area contributed by atoms with Crippen LogP contribution in [-0.4, -0.2) is 42.3 Å². The maximum Gasteiger partial charge on any atom is 0.255 e. The number of carbonyl (C=O) groups excluding carboxylic acids is 3. The Morgan fingerprint density at radius 1 is 1.19 bits per heavy atom. The minimum atomic E-state index is -0.768. The quantitative estimate of drug-likeness (QED) is 0.828. The fourth-order valence-electron chi connectivity index (χ4n) is 2.42. The lowest BCUT2D eigenvalue weighted by atomic mass is 10.1. The number of likely N-dealkylation sites (N-methyl/N-ethyl adjacent to an activating group) is 1. The highest BCUT2D eigenvalue weighted by Gasteiger charge is 2.22. The van der Waals surface area contributed by atoms with Gasteiger partial charge in [0.25, 0.3) is 5.91 Å². The highest BCUT2D eigenvalue weighted by Crippen LogP contribution is 2.16. The zero-order valence-electron chi connectivity index (χ0n) is 15.3. The summed E-state index contributed by atoms with van der Waals surface area (Å²) in [4.78, 5) is 37.8. The van der Waals surface area contributed by atoms with Gasteiger partial charge in [-0.05, 0) is 44.0 Å². The predicted octanol–water partition coefficient (Wildman–Crippen LogP) is 2.11. The van der Waals surface area contributed by atoms with E-state index in [0.717, 1.165) is 16.8 Å². The second-order valence-corrected chi connectivity index (χ2v) is 6.27. The number of hydrogen-bond donors (Lipinski definition) is 2. The number of hydrogen-bond acceptors (Lipinski definition) is 4. The number of nitrogens with zero attached hydrogens (tertiary/aromatic N) is 1. The summed E-state index contributed by atoms with van der Waals surface area (Å²) in [5.41, 5.74) is 3.03.